The molecule has 21 heavy (non-hydrogen) atoms. The Hall–Kier alpha value is -2.32. The fourth-order valence-electron chi connectivity index (χ4n) is 2.70. The molecule has 2 heteroatoms. The third-order valence-electron chi connectivity index (χ3n) is 3.97. The van der Waals surface area contributed by atoms with Gasteiger partial charge in [0.1, 0.15) is 0 Å². The van der Waals surface area contributed by atoms with E-state index in [-0.39, 0.29) is 12.6 Å². The Balaban J connectivity index is 1.96. The van der Waals surface area contributed by atoms with Crippen molar-refractivity contribution in [2.45, 2.75) is 6.04 Å². The van der Waals surface area contributed by atoms with E-state index in [9.17, 15) is 5.11 Å². The van der Waals surface area contributed by atoms with Crippen LogP contribution in [-0.2, 0) is 0 Å². The Labute approximate surface area is 125 Å². The minimum atomic E-state index is -0.0348. The van der Waals surface area contributed by atoms with Crippen molar-refractivity contribution >= 4 is 16.5 Å². The van der Waals surface area contributed by atoms with E-state index in [1.54, 1.807) is 0 Å². The molecule has 0 aliphatic rings. The lowest BCUT2D eigenvalue weighted by atomic mass is 10.0. The van der Waals surface area contributed by atoms with Gasteiger partial charge in [-0.15, -0.1) is 0 Å². The van der Waals surface area contributed by atoms with Crippen molar-refractivity contribution in [1.82, 2.24) is 0 Å². The third kappa shape index (κ3) is 2.76. The van der Waals surface area contributed by atoms with Gasteiger partial charge in [0.2, 0.25) is 0 Å². The van der Waals surface area contributed by atoms with Gasteiger partial charge in [-0.05, 0) is 28.5 Å². The van der Waals surface area contributed by atoms with Gasteiger partial charge in [-0.2, -0.15) is 0 Å². The summed E-state index contributed by atoms with van der Waals surface area (Å²) >= 11 is 0. The molecule has 106 valence electrons. The molecule has 0 aromatic heterocycles. The van der Waals surface area contributed by atoms with Gasteiger partial charge in [-0.25, -0.2) is 0 Å². The maximum Gasteiger partial charge on any atom is 0.0770 e. The van der Waals surface area contributed by atoms with E-state index in [4.69, 9.17) is 0 Å². The highest BCUT2D eigenvalue weighted by molar-refractivity contribution is 5.85. The van der Waals surface area contributed by atoms with E-state index in [0.29, 0.717) is 0 Å². The quantitative estimate of drug-likeness (QED) is 0.779. The average molecular weight is 277 g/mol. The Morgan fingerprint density at radius 1 is 0.857 bits per heavy atom. The van der Waals surface area contributed by atoms with E-state index in [1.807, 2.05) is 37.4 Å². The van der Waals surface area contributed by atoms with Crippen LogP contribution >= 0.6 is 0 Å². The lowest BCUT2D eigenvalue weighted by molar-refractivity contribution is 0.264. The Morgan fingerprint density at radius 2 is 1.52 bits per heavy atom. The molecule has 0 saturated carbocycles. The van der Waals surface area contributed by atoms with Crippen LogP contribution in [0.3, 0.4) is 0 Å². The van der Waals surface area contributed by atoms with E-state index in [0.717, 1.165) is 11.3 Å². The summed E-state index contributed by atoms with van der Waals surface area (Å²) in [5.74, 6) is 0. The van der Waals surface area contributed by atoms with Crippen LogP contribution in [0, 0.1) is 0 Å². The van der Waals surface area contributed by atoms with Crippen LogP contribution in [0.2, 0.25) is 0 Å². The monoisotopic (exact) mass is 277 g/mol. The molecule has 3 aromatic rings. The largest absolute Gasteiger partial charge is 0.394 e. The molecule has 2 nitrogen and oxygen atoms in total. The summed E-state index contributed by atoms with van der Waals surface area (Å²) in [5.41, 5.74) is 2.23. The third-order valence-corrected chi connectivity index (χ3v) is 3.97. The van der Waals surface area contributed by atoms with Gasteiger partial charge in [0.25, 0.3) is 0 Å². The van der Waals surface area contributed by atoms with E-state index < -0.39 is 0 Å². The maximum absolute atomic E-state index is 9.78. The van der Waals surface area contributed by atoms with Crippen LogP contribution in [0.15, 0.2) is 72.8 Å². The molecule has 0 bridgehead atoms. The number of benzene rings is 3. The van der Waals surface area contributed by atoms with Crippen LogP contribution in [0.5, 0.6) is 0 Å². The predicted octanol–water partition coefficient (Wildman–Crippen LogP) is 4.01. The molecule has 0 aliphatic heterocycles. The van der Waals surface area contributed by atoms with Crippen molar-refractivity contribution in [3.8, 4) is 0 Å². The van der Waals surface area contributed by atoms with Gasteiger partial charge < -0.3 is 10.0 Å². The normalized spacial score (nSPS) is 12.3. The van der Waals surface area contributed by atoms with Gasteiger partial charge in [0.05, 0.1) is 12.6 Å². The lowest BCUT2D eigenvalue weighted by Gasteiger charge is -2.29. The van der Waals surface area contributed by atoms with Gasteiger partial charge >= 0.3 is 0 Å². The summed E-state index contributed by atoms with van der Waals surface area (Å²) in [7, 11) is 2.03. The topological polar surface area (TPSA) is 23.5 Å². The standard InChI is InChI=1S/C19H19NO/c1-20(19(14-21)16-8-3-2-4-9-16)18-12-11-15-7-5-6-10-17(15)13-18/h2-13,19,21H,14H2,1H3. The van der Waals surface area contributed by atoms with Crippen LogP contribution in [0.1, 0.15) is 11.6 Å². The highest BCUT2D eigenvalue weighted by Gasteiger charge is 2.16. The minimum Gasteiger partial charge on any atom is -0.394 e. The fourth-order valence-corrected chi connectivity index (χ4v) is 2.70. The van der Waals surface area contributed by atoms with Gasteiger partial charge in [0, 0.05) is 12.7 Å². The zero-order valence-electron chi connectivity index (χ0n) is 12.1. The second kappa shape index (κ2) is 5.98. The van der Waals surface area contributed by atoms with Gasteiger partial charge in [-0.3, -0.25) is 0 Å². The highest BCUT2D eigenvalue weighted by Crippen LogP contribution is 2.28. The maximum atomic E-state index is 9.78. The van der Waals surface area contributed by atoms with E-state index >= 15 is 0 Å². The van der Waals surface area contributed by atoms with Crippen molar-refractivity contribution in [2.75, 3.05) is 18.6 Å². The summed E-state index contributed by atoms with van der Waals surface area (Å²) in [6, 6.07) is 24.8. The number of anilines is 1. The first-order valence-electron chi connectivity index (χ1n) is 7.17. The molecule has 0 radical (unpaired) electrons. The summed E-state index contributed by atoms with van der Waals surface area (Å²) in [5, 5.41) is 12.2. The molecule has 3 aromatic carbocycles. The molecule has 3 rings (SSSR count). The molecule has 0 saturated heterocycles. The number of likely N-dealkylation sites (N-methyl/N-ethyl adjacent to an activating group) is 1. The Bertz CT molecular complexity index is 724. The molecule has 1 atom stereocenters. The van der Waals surface area contributed by atoms with Crippen molar-refractivity contribution in [3.63, 3.8) is 0 Å². The van der Waals surface area contributed by atoms with Crippen molar-refractivity contribution in [1.29, 1.82) is 0 Å². The van der Waals surface area contributed by atoms with Crippen molar-refractivity contribution in [2.24, 2.45) is 0 Å². The fraction of sp³-hybridized carbons (Fsp3) is 0.158. The lowest BCUT2D eigenvalue weighted by Crippen LogP contribution is -2.26. The molecule has 1 unspecified atom stereocenters. The van der Waals surface area contributed by atoms with Crippen molar-refractivity contribution in [3.05, 3.63) is 78.4 Å². The van der Waals surface area contributed by atoms with Crippen LogP contribution in [-0.4, -0.2) is 18.8 Å². The molecule has 0 amide bonds. The van der Waals surface area contributed by atoms with Crippen molar-refractivity contribution < 1.29 is 5.11 Å². The number of aliphatic hydroxyl groups excluding tert-OH is 1. The number of nitrogens with zero attached hydrogens (tertiary/aromatic N) is 1. The first kappa shape index (κ1) is 13.7. The first-order chi connectivity index (χ1) is 10.3. The van der Waals surface area contributed by atoms with Crippen LogP contribution in [0.4, 0.5) is 5.69 Å². The molecular formula is C19H19NO. The Kier molecular flexibility index (Phi) is 3.89. The highest BCUT2D eigenvalue weighted by atomic mass is 16.3. The summed E-state index contributed by atoms with van der Waals surface area (Å²) < 4.78 is 0. The second-order valence-corrected chi connectivity index (χ2v) is 5.25. The molecule has 0 heterocycles. The molecular weight excluding hydrogens is 258 g/mol. The Morgan fingerprint density at radius 3 is 2.24 bits per heavy atom. The molecule has 1 N–H and O–H groups in total. The van der Waals surface area contributed by atoms with Crippen LogP contribution < -0.4 is 4.90 Å². The molecule has 0 fully saturated rings. The minimum absolute atomic E-state index is 0.0348. The zero-order valence-corrected chi connectivity index (χ0v) is 12.1. The smallest absolute Gasteiger partial charge is 0.0770 e. The summed E-state index contributed by atoms with van der Waals surface area (Å²) in [4.78, 5) is 2.13. The summed E-state index contributed by atoms with van der Waals surface area (Å²) in [6.45, 7) is 0.0906. The summed E-state index contributed by atoms with van der Waals surface area (Å²) in [6.07, 6.45) is 0. The van der Waals surface area contributed by atoms with Gasteiger partial charge in [-0.1, -0.05) is 60.7 Å². The molecule has 0 aliphatic carbocycles. The zero-order chi connectivity index (χ0) is 14.7. The predicted molar refractivity (Wildman–Crippen MR) is 88.6 cm³/mol. The van der Waals surface area contributed by atoms with E-state index in [2.05, 4.69) is 47.4 Å². The van der Waals surface area contributed by atoms with E-state index in [1.165, 1.54) is 10.8 Å². The number of hydrogen-bond acceptors (Lipinski definition) is 2. The number of aliphatic hydroxyl groups is 1. The first-order valence-corrected chi connectivity index (χ1v) is 7.17. The number of rotatable bonds is 4. The second-order valence-electron chi connectivity index (χ2n) is 5.25. The van der Waals surface area contributed by atoms with Crippen LogP contribution in [0.25, 0.3) is 10.8 Å². The number of hydrogen-bond donors (Lipinski definition) is 1. The number of fused-ring (bicyclic) bond motifs is 1. The average Bonchev–Trinajstić information content (AvgIpc) is 2.56. The molecule has 0 spiro atoms. The SMILES string of the molecule is CN(c1ccc2ccccc2c1)C(CO)c1ccccc1. The van der Waals surface area contributed by atoms with Gasteiger partial charge in [0.15, 0.2) is 0 Å².